The zero-order valence-corrected chi connectivity index (χ0v) is 48.7. The van der Waals surface area contributed by atoms with Gasteiger partial charge in [-0.1, -0.05) is 27.7 Å². The van der Waals surface area contributed by atoms with Gasteiger partial charge in [0.15, 0.2) is 37.2 Å². The molecule has 7 aliphatic heterocycles. The van der Waals surface area contributed by atoms with Crippen LogP contribution in [0.3, 0.4) is 0 Å². The van der Waals surface area contributed by atoms with Gasteiger partial charge in [0.1, 0.15) is 116 Å². The molecule has 0 aromatic rings. The fourth-order valence-corrected chi connectivity index (χ4v) is 17.6. The number of fused-ring (bicyclic) bond motifs is 7. The Bertz CT molecular complexity index is 2210. The third-order valence-corrected chi connectivity index (χ3v) is 22.5. The summed E-state index contributed by atoms with van der Waals surface area (Å²) >= 11 is 0. The molecule has 0 unspecified atom stereocenters. The highest BCUT2D eigenvalue weighted by Crippen LogP contribution is 2.71. The topological polar surface area (TPSA) is 434 Å². The van der Waals surface area contributed by atoms with Gasteiger partial charge >= 0.3 is 0 Å². The Balaban J connectivity index is 0.777. The molecule has 490 valence electrons. The fourth-order valence-electron chi connectivity index (χ4n) is 17.6. The summed E-state index contributed by atoms with van der Waals surface area (Å²) in [4.78, 5) is 0. The molecule has 28 nitrogen and oxygen atoms in total. The maximum atomic E-state index is 12.3. The molecule has 11 rings (SSSR count). The molecule has 0 bridgehead atoms. The van der Waals surface area contributed by atoms with Gasteiger partial charge in [0.2, 0.25) is 0 Å². The van der Waals surface area contributed by atoms with Gasteiger partial charge in [-0.3, -0.25) is 0 Å². The second-order valence-electron chi connectivity index (χ2n) is 27.2. The van der Waals surface area contributed by atoms with E-state index in [1.807, 2.05) is 0 Å². The lowest BCUT2D eigenvalue weighted by Crippen LogP contribution is -2.69. The van der Waals surface area contributed by atoms with Crippen LogP contribution in [-0.4, -0.2) is 292 Å². The molecule has 28 heteroatoms. The first-order valence-electron chi connectivity index (χ1n) is 30.8. The minimum atomic E-state index is -2.16. The van der Waals surface area contributed by atoms with Gasteiger partial charge in [-0.05, 0) is 98.7 Å². The quantitative estimate of drug-likeness (QED) is 0.0724. The molecule has 38 atom stereocenters. The maximum absolute atomic E-state index is 12.3. The third-order valence-electron chi connectivity index (χ3n) is 22.5. The van der Waals surface area contributed by atoms with Crippen molar-refractivity contribution < 1.29 is 139 Å². The van der Waals surface area contributed by atoms with E-state index in [0.29, 0.717) is 37.2 Å². The van der Waals surface area contributed by atoms with Gasteiger partial charge in [0.25, 0.3) is 0 Å². The maximum Gasteiger partial charge on any atom is 0.187 e. The molecule has 0 aromatic carbocycles. The second kappa shape index (κ2) is 25.4. The summed E-state index contributed by atoms with van der Waals surface area (Å²) in [6.45, 7) is 7.53. The molecular weight excluding hydrogens is 1130 g/mol. The van der Waals surface area contributed by atoms with Crippen LogP contribution in [-0.2, 0) is 56.8 Å². The summed E-state index contributed by atoms with van der Waals surface area (Å²) in [5, 5.41) is 177. The average Bonchev–Trinajstić information content (AvgIpc) is 1.59. The number of hydrogen-bond acceptors (Lipinski definition) is 28. The van der Waals surface area contributed by atoms with Crippen LogP contribution in [0.4, 0.5) is 0 Å². The predicted molar refractivity (Wildman–Crippen MR) is 281 cm³/mol. The van der Waals surface area contributed by atoms with Crippen molar-refractivity contribution in [3.63, 3.8) is 0 Å². The minimum absolute atomic E-state index is 0.0746. The average molecular weight is 1230 g/mol. The first-order valence-corrected chi connectivity index (χ1v) is 30.8. The van der Waals surface area contributed by atoms with E-state index in [1.54, 1.807) is 0 Å². The van der Waals surface area contributed by atoms with E-state index in [0.717, 1.165) is 44.9 Å². The van der Waals surface area contributed by atoms with Crippen molar-refractivity contribution in [3.8, 4) is 0 Å². The normalized spacial score (nSPS) is 58.1. The lowest BCUT2D eigenvalue weighted by Gasteiger charge is -2.61. The van der Waals surface area contributed by atoms with Crippen molar-refractivity contribution in [2.45, 2.75) is 270 Å². The van der Waals surface area contributed by atoms with Crippen LogP contribution in [0, 0.1) is 52.3 Å². The number of ether oxygens (including phenoxy) is 12. The van der Waals surface area contributed by atoms with E-state index in [9.17, 15) is 81.7 Å². The highest BCUT2D eigenvalue weighted by Gasteiger charge is 2.73. The summed E-state index contributed by atoms with van der Waals surface area (Å²) in [6, 6.07) is 0. The predicted octanol–water partition coefficient (Wildman–Crippen LogP) is -5.09. The van der Waals surface area contributed by atoms with Crippen LogP contribution < -0.4 is 0 Å². The summed E-state index contributed by atoms with van der Waals surface area (Å²) < 4.78 is 73.3. The highest BCUT2D eigenvalue weighted by molar-refractivity contribution is 5.19. The van der Waals surface area contributed by atoms with E-state index in [-0.39, 0.29) is 40.6 Å². The largest absolute Gasteiger partial charge is 0.394 e. The summed E-state index contributed by atoms with van der Waals surface area (Å²) in [7, 11) is 0. The lowest BCUT2D eigenvalue weighted by atomic mass is 9.44. The zero-order chi connectivity index (χ0) is 61.1. The SMILES string of the molecule is C[C@@H]1CC[C@@]2(OC1)O[C@H]1[C@H](O)[C@H]3[C@@H]4CC[C@H]5C[C@@H](O[C@@H]6O[C@H](CO)[C@H](O[C@@H]7O[C@H](CO)[C@@H](O)[C@H](O[C@@H]8O[C@H](CO)[C@@H](O[C@@H]9O[C@@H](C)[C@H](O)[C@@H](O)[C@H]9O)[C@H](O)[C@H]8O)[C@H]7O[C@@H]7O[C@H](CO)[C@@H](O)[C@H](O)[C@H]7O)[C@H](O)[C@H]6O)CC[C@]5(C)[C@H]4CC[C@]3(C)[C@H]1[C@@H]2C. The smallest absolute Gasteiger partial charge is 0.187 e. The molecule has 1 spiro atoms. The molecule has 11 fully saturated rings. The summed E-state index contributed by atoms with van der Waals surface area (Å²) in [6.07, 6.45) is -39.1. The van der Waals surface area contributed by atoms with Gasteiger partial charge in [0, 0.05) is 18.3 Å². The van der Waals surface area contributed by atoms with Crippen molar-refractivity contribution in [2.75, 3.05) is 33.0 Å². The number of rotatable bonds is 14. The van der Waals surface area contributed by atoms with Gasteiger partial charge in [-0.25, -0.2) is 0 Å². The van der Waals surface area contributed by atoms with Crippen LogP contribution in [0.15, 0.2) is 0 Å². The van der Waals surface area contributed by atoms with Crippen LogP contribution in [0.5, 0.6) is 0 Å². The molecule has 11 aliphatic rings. The number of aliphatic hydroxyl groups excluding tert-OH is 16. The minimum Gasteiger partial charge on any atom is -0.394 e. The molecule has 0 aromatic heterocycles. The molecule has 7 heterocycles. The highest BCUT2D eigenvalue weighted by atomic mass is 16.8. The van der Waals surface area contributed by atoms with Crippen molar-refractivity contribution in [1.82, 2.24) is 0 Å². The van der Waals surface area contributed by atoms with E-state index in [1.165, 1.54) is 6.92 Å². The zero-order valence-electron chi connectivity index (χ0n) is 48.7. The van der Waals surface area contributed by atoms with Crippen molar-refractivity contribution in [2.24, 2.45) is 52.3 Å². The Morgan fingerprint density at radius 3 is 1.53 bits per heavy atom. The van der Waals surface area contributed by atoms with Gasteiger partial charge < -0.3 is 139 Å². The molecule has 0 amide bonds. The summed E-state index contributed by atoms with van der Waals surface area (Å²) in [5.41, 5.74) is -0.181. The van der Waals surface area contributed by atoms with E-state index in [2.05, 4.69) is 27.7 Å². The molecule has 7 saturated heterocycles. The lowest BCUT2D eigenvalue weighted by molar-refractivity contribution is -0.410. The molecule has 0 radical (unpaired) electrons. The second-order valence-corrected chi connectivity index (χ2v) is 27.2. The molecular formula is C57H94O28. The molecule has 85 heavy (non-hydrogen) atoms. The Morgan fingerprint density at radius 1 is 0.424 bits per heavy atom. The Labute approximate surface area is 492 Å². The van der Waals surface area contributed by atoms with Gasteiger partial charge in [-0.15, -0.1) is 0 Å². The Hall–Kier alpha value is -1.12. The van der Waals surface area contributed by atoms with Crippen molar-refractivity contribution >= 4 is 0 Å². The molecule has 16 N–H and O–H groups in total. The Morgan fingerprint density at radius 2 is 0.929 bits per heavy atom. The van der Waals surface area contributed by atoms with E-state index >= 15 is 0 Å². The molecule has 4 saturated carbocycles. The van der Waals surface area contributed by atoms with Gasteiger partial charge in [0.05, 0.1) is 57.5 Å². The van der Waals surface area contributed by atoms with Crippen LogP contribution in [0.2, 0.25) is 0 Å². The van der Waals surface area contributed by atoms with E-state index in [4.69, 9.17) is 56.8 Å². The first kappa shape index (κ1) is 65.4. The number of aliphatic hydroxyl groups is 16. The molecule has 4 aliphatic carbocycles. The van der Waals surface area contributed by atoms with Crippen LogP contribution >= 0.6 is 0 Å². The van der Waals surface area contributed by atoms with Gasteiger partial charge in [-0.2, -0.15) is 0 Å². The monoisotopic (exact) mass is 1230 g/mol. The Kier molecular flexibility index (Phi) is 19.5. The fraction of sp³-hybridized carbons (Fsp3) is 1.00. The summed E-state index contributed by atoms with van der Waals surface area (Å²) in [5.74, 6) is 1.12. The van der Waals surface area contributed by atoms with Crippen molar-refractivity contribution in [3.05, 3.63) is 0 Å². The van der Waals surface area contributed by atoms with Crippen LogP contribution in [0.25, 0.3) is 0 Å². The van der Waals surface area contributed by atoms with Crippen molar-refractivity contribution in [1.29, 1.82) is 0 Å². The number of hydrogen-bond donors (Lipinski definition) is 16. The standard InChI is InChI=1S/C57H94O28/c1-20-8-13-57(74-19-20)21(2)31-47(85-57)36(65)32-25-7-6-23-14-24(9-11-55(23,4)26(25)10-12-56(31,32)5)76-51-43(72)39(68)46(30(18-61)79-51)82-54-49(84-52-42(71)38(67)34(63)27(15-58)77-52)48(35(64)28(16-59)78-54)83-53-44(73)40(69)45(29(17-60)80-53)81-50-41(70)37(66)33(62)22(3)75-50/h20-54,58-73H,6-19H2,1-5H3/t20-,21+,22+,23+,24+,25-,26+,27-,28-,29-,30-,31+,32-,33+,34-,35-,36-,37-,38+,39-,40-,41-,42-,43-,44-,45-,46+,47-,48+,49-,50+,51-,52+,53+,54+,55+,56-,57-/m1/s1. The van der Waals surface area contributed by atoms with Crippen LogP contribution in [0.1, 0.15) is 92.4 Å². The van der Waals surface area contributed by atoms with E-state index < -0.39 is 198 Å². The first-order chi connectivity index (χ1) is 40.3. The third kappa shape index (κ3) is 11.3.